The molecule has 2 N–H and O–H groups in total. The van der Waals surface area contributed by atoms with Crippen LogP contribution in [0.3, 0.4) is 0 Å². The number of carboxylic acid groups (broad SMARTS) is 2. The normalized spacial score (nSPS) is 14.1. The quantitative estimate of drug-likeness (QED) is 0.0327. The molecule has 6 atom stereocenters. The topological polar surface area (TPSA) is 238 Å². The molecule has 113 heavy (non-hydrogen) atoms. The van der Waals surface area contributed by atoms with Crippen LogP contribution in [0, 0.1) is 11.8 Å². The van der Waals surface area contributed by atoms with Gasteiger partial charge in [-0.3, -0.25) is 19.2 Å². The summed E-state index contributed by atoms with van der Waals surface area (Å²) in [5, 5.41) is 19.7. The predicted octanol–water partition coefficient (Wildman–Crippen LogP) is 27.0. The fraction of sp³-hybridized carbons (Fsp3) is 0.947. The van der Waals surface area contributed by atoms with Gasteiger partial charge in [-0.1, -0.05) is 182 Å². The van der Waals surface area contributed by atoms with Crippen molar-refractivity contribution in [3.8, 4) is 0 Å². The van der Waals surface area contributed by atoms with Gasteiger partial charge in [0.1, 0.15) is 13.2 Å². The number of carbonyl (C=O) groups is 4. The number of hydrogen-bond acceptors (Lipinski definition) is 18. The average Bonchev–Trinajstić information content (AvgIpc) is 0.809. The van der Waals surface area contributed by atoms with Gasteiger partial charge >= 0.3 is 83.8 Å². The van der Waals surface area contributed by atoms with E-state index in [4.69, 9.17) is 60.1 Å². The van der Waals surface area contributed by atoms with E-state index in [0.717, 1.165) is 75.5 Å². The van der Waals surface area contributed by atoms with E-state index in [-0.39, 0.29) is 251 Å². The Kier molecular flexibility index (Phi) is 110. The first kappa shape index (κ1) is 164. The zero-order chi connectivity index (χ0) is 73.7. The summed E-state index contributed by atoms with van der Waals surface area (Å²) in [5.74, 6) is -4.80. The second kappa shape index (κ2) is 75.9. The molecule has 0 bridgehead atoms. The van der Waals surface area contributed by atoms with Crippen LogP contribution in [0.15, 0.2) is 0 Å². The Bertz CT molecular complexity index is 2100. The molecule has 0 aliphatic rings. The van der Waals surface area contributed by atoms with Gasteiger partial charge in [-0.25, -0.2) is 0 Å². The molecule has 0 heterocycles. The van der Waals surface area contributed by atoms with Crippen LogP contribution < -0.4 is 0 Å². The summed E-state index contributed by atoms with van der Waals surface area (Å²) in [4.78, 5) is 50.8. The molecule has 37 heteroatoms. The van der Waals surface area contributed by atoms with Gasteiger partial charge in [-0.15, -0.1) is 0 Å². The third-order valence-electron chi connectivity index (χ3n) is 14.9. The number of carbonyl (C=O) groups excluding carboxylic acids is 2. The van der Waals surface area contributed by atoms with Gasteiger partial charge in [0.05, 0.1) is 37.9 Å². The largest absolute Gasteiger partial charge is 0.481 e. The number of rotatable bonds is 58. The molecule has 2 radical (unpaired) electrons. The summed E-state index contributed by atoms with van der Waals surface area (Å²) < 4.78 is 92.5. The number of ether oxygens (including phenoxy) is 4. The van der Waals surface area contributed by atoms with Crippen LogP contribution in [0.4, 0.5) is 0 Å². The fourth-order valence-electron chi connectivity index (χ4n) is 12.8. The van der Waals surface area contributed by atoms with Crippen LogP contribution in [0.2, 0.25) is 206 Å². The molecule has 0 aromatic rings. The predicted molar refractivity (Wildman–Crippen MR) is 512 cm³/mol. The van der Waals surface area contributed by atoms with Gasteiger partial charge in [-0.05, 0) is 232 Å². The SMILES string of the molecule is C.C.C.C.C.C.C.C.C.C.C.C.C.C.CCCCCC[Si](C)(O[Si](C)(C)C)O[Si](C)(C)O[Si](C)(CCCC(CC(=O)O)C(=O)OCCOCCC[Si](C)(C)O[Si](C)(C)O[Si](C)(C)CCCOCCOC(=O)C(CCC[Si](C)(O[Si](C)(C)C)O[Si](C)(C)O[Si](C)(CCCCCC)O[Si](C)(C)C)CC(=O)O)O[Si](C)(C)C.[W].[W].[Y].[Y]. The molecule has 0 aromatic heterocycles. The Morgan fingerprint density at radius 3 is 0.708 bits per heavy atom. The molecule has 0 saturated heterocycles. The number of aliphatic carboxylic acids is 2. The van der Waals surface area contributed by atoms with Crippen LogP contribution in [-0.2, 0) is 187 Å². The second-order valence-electron chi connectivity index (χ2n) is 33.5. The summed E-state index contributed by atoms with van der Waals surface area (Å²) in [6.45, 7) is 62.0. The first-order valence-corrected chi connectivity index (χ1v) is 74.3. The van der Waals surface area contributed by atoms with E-state index < -0.39 is 146 Å². The molecule has 0 saturated carbocycles. The second-order valence-corrected chi connectivity index (χ2v) is 86.1. The van der Waals surface area contributed by atoms with E-state index in [9.17, 15) is 29.4 Å². The van der Waals surface area contributed by atoms with Gasteiger partial charge in [0.2, 0.25) is 0 Å². The molecular formula is C76H200O20Si13W2Y2. The van der Waals surface area contributed by atoms with Crippen molar-refractivity contribution < 1.29 is 197 Å². The monoisotopic (exact) mass is 2340 g/mol. The molecule has 0 aliphatic carbocycles. The number of esters is 2. The molecule has 6 unspecified atom stereocenters. The van der Waals surface area contributed by atoms with Crippen LogP contribution in [0.1, 0.15) is 221 Å². The summed E-state index contributed by atoms with van der Waals surface area (Å²) in [6.07, 6.45) is 11.8. The van der Waals surface area contributed by atoms with Crippen LogP contribution in [0.5, 0.6) is 0 Å². The van der Waals surface area contributed by atoms with Crippen molar-refractivity contribution in [1.82, 2.24) is 0 Å². The molecule has 0 amide bonds. The Balaban J connectivity index is -0.000000289. The maximum absolute atomic E-state index is 13.4. The maximum Gasteiger partial charge on any atom is 0.315 e. The van der Waals surface area contributed by atoms with Gasteiger partial charge in [0.15, 0.2) is 49.9 Å². The van der Waals surface area contributed by atoms with Crippen LogP contribution in [-0.4, -0.2) is 184 Å². The Morgan fingerprint density at radius 1 is 0.274 bits per heavy atom. The van der Waals surface area contributed by atoms with E-state index in [1.54, 1.807) is 0 Å². The first-order chi connectivity index (χ1) is 43.0. The zero-order valence-corrected chi connectivity index (χ0v) is 92.2. The minimum absolute atomic E-state index is 0. The van der Waals surface area contributed by atoms with Crippen molar-refractivity contribution in [3.63, 3.8) is 0 Å². The molecule has 0 spiro atoms. The van der Waals surface area contributed by atoms with E-state index in [2.05, 4.69) is 184 Å². The van der Waals surface area contributed by atoms with Crippen molar-refractivity contribution >= 4 is 134 Å². The number of unbranched alkanes of at least 4 members (excludes halogenated alkanes) is 6. The Labute approximate surface area is 800 Å². The number of carboxylic acids is 2. The van der Waals surface area contributed by atoms with Gasteiger partial charge in [-0.2, -0.15) is 0 Å². The van der Waals surface area contributed by atoms with Crippen molar-refractivity contribution in [3.05, 3.63) is 0 Å². The van der Waals surface area contributed by atoms with Crippen molar-refractivity contribution in [2.24, 2.45) is 11.8 Å². The molecular weight excluding hydrogens is 2140 g/mol. The summed E-state index contributed by atoms with van der Waals surface area (Å²) >= 11 is 0. The van der Waals surface area contributed by atoms with Gasteiger partial charge < -0.3 is 70.3 Å². The summed E-state index contributed by atoms with van der Waals surface area (Å²) in [7, 11) is -31.3. The maximum atomic E-state index is 13.4. The molecule has 694 valence electrons. The van der Waals surface area contributed by atoms with E-state index in [0.29, 0.717) is 51.0 Å². The summed E-state index contributed by atoms with van der Waals surface area (Å²) in [6, 6.07) is 4.72. The molecule has 0 fully saturated rings. The molecule has 0 aromatic carbocycles. The van der Waals surface area contributed by atoms with Crippen molar-refractivity contribution in [1.29, 1.82) is 0 Å². The standard InChI is InChI=1S/C62H144O20Si13.14CH4.2W.2Y/c1-29-31-33-35-51-92(25,73-83(3,4)5)79-90(21,22)81-94(27,75-85(9,10)11)53-37-41-57(55-59(63)64)61(67)71-47-45-69-43-39-49-87(15,16)77-89(19,20)78-88(17,18)50-40-44-70-46-48-72-62(68)58(56-60(65)66)42-38-54-95(28,76-86(12,13)14)82-91(23,24)80-93(26,74-84(6,7)8)52-36-34-32-30-2;;;;;;;;;;;;;;;;;;/h57-58H,29-56H2,1-28H3,(H,63,64)(H,65,66);14*1H4;;;;. The third-order valence-corrected chi connectivity index (χ3v) is 62.9. The fourth-order valence-corrected chi connectivity index (χ4v) is 74.2. The van der Waals surface area contributed by atoms with E-state index >= 15 is 0 Å². The Morgan fingerprint density at radius 2 is 0.496 bits per heavy atom. The smallest absolute Gasteiger partial charge is 0.315 e. The first-order valence-electron chi connectivity index (χ1n) is 35.9. The average molecular weight is 2350 g/mol. The van der Waals surface area contributed by atoms with Crippen molar-refractivity contribution in [2.45, 2.75) is 427 Å². The van der Waals surface area contributed by atoms with Gasteiger partial charge in [0.25, 0.3) is 0 Å². The molecule has 0 aliphatic heterocycles. The minimum atomic E-state index is -2.87. The van der Waals surface area contributed by atoms with E-state index in [1.807, 2.05) is 0 Å². The van der Waals surface area contributed by atoms with Gasteiger partial charge in [0, 0.05) is 121 Å². The third kappa shape index (κ3) is 89.0. The molecule has 20 nitrogen and oxygen atoms in total. The van der Waals surface area contributed by atoms with Crippen LogP contribution >= 0.6 is 0 Å². The Hall–Kier alpha value is 3.80. The van der Waals surface area contributed by atoms with Crippen molar-refractivity contribution in [2.75, 3.05) is 39.6 Å². The van der Waals surface area contributed by atoms with Crippen LogP contribution in [0.25, 0.3) is 0 Å². The molecule has 0 rings (SSSR count). The summed E-state index contributed by atoms with van der Waals surface area (Å²) in [5.41, 5.74) is 0. The minimum Gasteiger partial charge on any atom is -0.481 e. The number of hydrogen-bond donors (Lipinski definition) is 2. The zero-order valence-electron chi connectivity index (χ0n) is 67.7. The van der Waals surface area contributed by atoms with E-state index in [1.165, 1.54) is 12.8 Å².